The summed E-state index contributed by atoms with van der Waals surface area (Å²) in [4.78, 5) is 4.96. The van der Waals surface area contributed by atoms with Crippen LogP contribution in [0.2, 0.25) is 0 Å². The number of hydrogen-bond acceptors (Lipinski definition) is 5. The van der Waals surface area contributed by atoms with Crippen molar-refractivity contribution in [2.24, 2.45) is 5.73 Å². The van der Waals surface area contributed by atoms with Crippen molar-refractivity contribution < 1.29 is 9.47 Å². The molecule has 0 spiro atoms. The van der Waals surface area contributed by atoms with E-state index in [1.807, 2.05) is 19.9 Å². The first-order chi connectivity index (χ1) is 11.5. The van der Waals surface area contributed by atoms with Crippen LogP contribution in [0.4, 0.5) is 0 Å². The molecule has 2 rings (SSSR count). The molecule has 1 saturated heterocycles. The molecule has 1 aliphatic heterocycles. The molecule has 5 heteroatoms. The van der Waals surface area contributed by atoms with E-state index in [4.69, 9.17) is 15.2 Å². The Hall–Kier alpha value is -1.30. The molecule has 2 N–H and O–H groups in total. The number of methoxy groups -OCH3 is 1. The fourth-order valence-electron chi connectivity index (χ4n) is 3.51. The van der Waals surface area contributed by atoms with Gasteiger partial charge in [-0.05, 0) is 45.0 Å². The first kappa shape index (κ1) is 19.0. The van der Waals surface area contributed by atoms with Gasteiger partial charge < -0.3 is 20.1 Å². The number of piperazine rings is 1. The van der Waals surface area contributed by atoms with Crippen LogP contribution in [-0.4, -0.2) is 62.3 Å². The number of benzene rings is 1. The highest BCUT2D eigenvalue weighted by Gasteiger charge is 2.30. The van der Waals surface area contributed by atoms with Crippen LogP contribution >= 0.6 is 0 Å². The highest BCUT2D eigenvalue weighted by atomic mass is 16.5. The van der Waals surface area contributed by atoms with E-state index >= 15 is 0 Å². The maximum Gasteiger partial charge on any atom is 0.161 e. The predicted molar refractivity (Wildman–Crippen MR) is 98.8 cm³/mol. The van der Waals surface area contributed by atoms with Gasteiger partial charge in [0.2, 0.25) is 0 Å². The molecule has 24 heavy (non-hydrogen) atoms. The van der Waals surface area contributed by atoms with Gasteiger partial charge in [-0.25, -0.2) is 0 Å². The van der Waals surface area contributed by atoms with Crippen molar-refractivity contribution in [1.82, 2.24) is 9.80 Å². The van der Waals surface area contributed by atoms with Crippen LogP contribution in [0.3, 0.4) is 0 Å². The van der Waals surface area contributed by atoms with Crippen LogP contribution in [-0.2, 0) is 0 Å². The molecule has 0 saturated carbocycles. The smallest absolute Gasteiger partial charge is 0.161 e. The number of nitrogens with two attached hydrogens (primary N) is 1. The van der Waals surface area contributed by atoms with Gasteiger partial charge in [-0.15, -0.1) is 0 Å². The number of hydrogen-bond donors (Lipinski definition) is 1. The largest absolute Gasteiger partial charge is 0.493 e. The summed E-state index contributed by atoms with van der Waals surface area (Å²) in [6, 6.07) is 6.96. The van der Waals surface area contributed by atoms with Gasteiger partial charge in [0, 0.05) is 38.3 Å². The molecule has 0 aromatic heterocycles. The fourth-order valence-corrected chi connectivity index (χ4v) is 3.51. The summed E-state index contributed by atoms with van der Waals surface area (Å²) in [5.41, 5.74) is 7.39. The quantitative estimate of drug-likeness (QED) is 0.830. The van der Waals surface area contributed by atoms with Crippen LogP contribution in [0.5, 0.6) is 11.5 Å². The zero-order valence-electron chi connectivity index (χ0n) is 15.8. The topological polar surface area (TPSA) is 51.0 Å². The molecule has 1 heterocycles. The van der Waals surface area contributed by atoms with E-state index in [0.717, 1.165) is 37.6 Å². The third-order valence-corrected chi connectivity index (χ3v) is 4.76. The van der Waals surface area contributed by atoms with Gasteiger partial charge in [0.1, 0.15) is 0 Å². The first-order valence-corrected chi connectivity index (χ1v) is 8.99. The summed E-state index contributed by atoms with van der Waals surface area (Å²) in [7, 11) is 3.87. The van der Waals surface area contributed by atoms with Gasteiger partial charge in [0.05, 0.1) is 13.2 Å². The van der Waals surface area contributed by atoms with Crippen molar-refractivity contribution in [3.63, 3.8) is 0 Å². The average molecular weight is 335 g/mol. The predicted octanol–water partition coefficient (Wildman–Crippen LogP) is 2.51. The lowest BCUT2D eigenvalue weighted by Crippen LogP contribution is -2.53. The van der Waals surface area contributed by atoms with Crippen molar-refractivity contribution >= 4 is 0 Å². The molecule has 1 aliphatic rings. The second-order valence-corrected chi connectivity index (χ2v) is 6.89. The van der Waals surface area contributed by atoms with Gasteiger partial charge in [-0.1, -0.05) is 13.0 Å². The van der Waals surface area contributed by atoms with Gasteiger partial charge in [0.15, 0.2) is 11.5 Å². The molecule has 2 unspecified atom stereocenters. The molecule has 2 atom stereocenters. The molecule has 136 valence electrons. The Bertz CT molecular complexity index is 521. The third kappa shape index (κ3) is 4.41. The monoisotopic (exact) mass is 335 g/mol. The summed E-state index contributed by atoms with van der Waals surface area (Å²) in [6.45, 7) is 10.1. The van der Waals surface area contributed by atoms with Crippen molar-refractivity contribution in [3.8, 4) is 11.5 Å². The Balaban J connectivity index is 2.29. The summed E-state index contributed by atoms with van der Waals surface area (Å²) < 4.78 is 11.4. The first-order valence-electron chi connectivity index (χ1n) is 8.99. The highest BCUT2D eigenvalue weighted by molar-refractivity contribution is 5.44. The van der Waals surface area contributed by atoms with E-state index < -0.39 is 0 Å². The van der Waals surface area contributed by atoms with E-state index in [9.17, 15) is 0 Å². The highest BCUT2D eigenvalue weighted by Crippen LogP contribution is 2.34. The van der Waals surface area contributed by atoms with Crippen molar-refractivity contribution in [2.75, 3.05) is 40.3 Å². The Labute approximate surface area is 146 Å². The number of ether oxygens (including phenoxy) is 2. The minimum absolute atomic E-state index is 0.109. The molecular weight excluding hydrogens is 302 g/mol. The average Bonchev–Trinajstić information content (AvgIpc) is 2.56. The summed E-state index contributed by atoms with van der Waals surface area (Å²) in [5.74, 6) is 1.57. The van der Waals surface area contributed by atoms with Gasteiger partial charge in [-0.2, -0.15) is 0 Å². The van der Waals surface area contributed by atoms with E-state index in [2.05, 4.69) is 35.9 Å². The van der Waals surface area contributed by atoms with Gasteiger partial charge >= 0.3 is 0 Å². The third-order valence-electron chi connectivity index (χ3n) is 4.76. The second kappa shape index (κ2) is 8.70. The standard InChI is InChI=1S/C19H33N3O2/c1-6-16-13-21(4)9-10-22(16)17(12-20)15-7-8-18(23-5)19(11-15)24-14(2)3/h7-8,11,14,16-17H,6,9-10,12-13,20H2,1-5H3. The van der Waals surface area contributed by atoms with Crippen LogP contribution in [0.1, 0.15) is 38.8 Å². The minimum atomic E-state index is 0.109. The lowest BCUT2D eigenvalue weighted by Gasteiger charge is -2.44. The molecule has 0 aliphatic carbocycles. The Morgan fingerprint density at radius 3 is 2.58 bits per heavy atom. The van der Waals surface area contributed by atoms with Crippen LogP contribution < -0.4 is 15.2 Å². The lowest BCUT2D eigenvalue weighted by atomic mass is 9.99. The molecular formula is C19H33N3O2. The number of nitrogens with zero attached hydrogens (tertiary/aromatic N) is 2. The molecule has 0 radical (unpaired) electrons. The molecule has 1 fully saturated rings. The van der Waals surface area contributed by atoms with Crippen LogP contribution in [0.15, 0.2) is 18.2 Å². The van der Waals surface area contributed by atoms with Crippen LogP contribution in [0.25, 0.3) is 0 Å². The van der Waals surface area contributed by atoms with Crippen molar-refractivity contribution in [2.45, 2.75) is 45.4 Å². The molecule has 1 aromatic carbocycles. The molecule has 5 nitrogen and oxygen atoms in total. The fraction of sp³-hybridized carbons (Fsp3) is 0.684. The Morgan fingerprint density at radius 1 is 1.25 bits per heavy atom. The Kier molecular flexibility index (Phi) is 6.90. The molecule has 0 bridgehead atoms. The normalized spacial score (nSPS) is 21.0. The SMILES string of the molecule is CCC1CN(C)CCN1C(CN)c1ccc(OC)c(OC(C)C)c1. The second-order valence-electron chi connectivity index (χ2n) is 6.89. The number of rotatable bonds is 7. The van der Waals surface area contributed by atoms with Crippen molar-refractivity contribution in [1.29, 1.82) is 0 Å². The maximum atomic E-state index is 6.18. The molecule has 1 aromatic rings. The lowest BCUT2D eigenvalue weighted by molar-refractivity contribution is 0.0519. The summed E-state index contributed by atoms with van der Waals surface area (Å²) in [6.07, 6.45) is 1.24. The van der Waals surface area contributed by atoms with E-state index in [0.29, 0.717) is 12.6 Å². The van der Waals surface area contributed by atoms with Crippen LogP contribution in [0, 0.1) is 0 Å². The molecule has 0 amide bonds. The number of likely N-dealkylation sites (N-methyl/N-ethyl adjacent to an activating group) is 1. The van der Waals surface area contributed by atoms with Crippen molar-refractivity contribution in [3.05, 3.63) is 23.8 Å². The minimum Gasteiger partial charge on any atom is -0.493 e. The zero-order valence-corrected chi connectivity index (χ0v) is 15.8. The Morgan fingerprint density at radius 2 is 2.00 bits per heavy atom. The van der Waals surface area contributed by atoms with E-state index in [1.165, 1.54) is 5.56 Å². The van der Waals surface area contributed by atoms with Gasteiger partial charge in [0.25, 0.3) is 0 Å². The summed E-state index contributed by atoms with van der Waals surface area (Å²) >= 11 is 0. The van der Waals surface area contributed by atoms with E-state index in [1.54, 1.807) is 7.11 Å². The maximum absolute atomic E-state index is 6.18. The summed E-state index contributed by atoms with van der Waals surface area (Å²) in [5, 5.41) is 0. The zero-order chi connectivity index (χ0) is 17.7. The van der Waals surface area contributed by atoms with Gasteiger partial charge in [-0.3, -0.25) is 4.90 Å². The van der Waals surface area contributed by atoms with E-state index in [-0.39, 0.29) is 12.1 Å².